The number of hydrogen-bond acceptors (Lipinski definition) is 3. The molecule has 0 heterocycles. The second kappa shape index (κ2) is 10.5. The van der Waals surface area contributed by atoms with Crippen molar-refractivity contribution < 1.29 is 14.3 Å². The quantitative estimate of drug-likeness (QED) is 0.290. The van der Waals surface area contributed by atoms with Gasteiger partial charge in [-0.3, -0.25) is 4.79 Å². The Morgan fingerprint density at radius 1 is 0.719 bits per heavy atom. The van der Waals surface area contributed by atoms with Crippen LogP contribution in [-0.2, 0) is 13.0 Å². The molecule has 0 aliphatic rings. The van der Waals surface area contributed by atoms with E-state index < -0.39 is 0 Å². The summed E-state index contributed by atoms with van der Waals surface area (Å²) in [6.07, 6.45) is 0.637. The minimum atomic E-state index is -0.278. The molecule has 4 rings (SSSR count). The van der Waals surface area contributed by atoms with Gasteiger partial charge < -0.3 is 9.47 Å². The van der Waals surface area contributed by atoms with Gasteiger partial charge in [-0.15, -0.1) is 0 Å². The molecular formula is C29H26O3. The van der Waals surface area contributed by atoms with Gasteiger partial charge in [0.25, 0.3) is 0 Å². The van der Waals surface area contributed by atoms with Crippen LogP contribution in [0, 0.1) is 0 Å². The largest absolute Gasteiger partial charge is 0.493 e. The van der Waals surface area contributed by atoms with Crippen LogP contribution in [-0.4, -0.2) is 12.9 Å². The summed E-state index contributed by atoms with van der Waals surface area (Å²) >= 11 is 0. The highest BCUT2D eigenvalue weighted by atomic mass is 16.5. The molecule has 4 aromatic carbocycles. The first-order valence-corrected chi connectivity index (χ1v) is 10.7. The van der Waals surface area contributed by atoms with Gasteiger partial charge in [0, 0.05) is 5.56 Å². The predicted octanol–water partition coefficient (Wildman–Crippen LogP) is 6.48. The molecule has 1 unspecified atom stereocenters. The molecule has 3 heteroatoms. The molecule has 0 saturated heterocycles. The van der Waals surface area contributed by atoms with E-state index in [9.17, 15) is 4.79 Å². The van der Waals surface area contributed by atoms with Crippen molar-refractivity contribution in [3.8, 4) is 11.5 Å². The average molecular weight is 423 g/mol. The van der Waals surface area contributed by atoms with Gasteiger partial charge in [0.1, 0.15) is 6.61 Å². The van der Waals surface area contributed by atoms with E-state index in [4.69, 9.17) is 9.47 Å². The van der Waals surface area contributed by atoms with Gasteiger partial charge in [0.2, 0.25) is 0 Å². The number of ether oxygens (including phenoxy) is 2. The molecule has 3 nitrogen and oxygen atoms in total. The Kier molecular flexibility index (Phi) is 6.98. The zero-order valence-electron chi connectivity index (χ0n) is 18.1. The zero-order valence-corrected chi connectivity index (χ0v) is 18.1. The Labute approximate surface area is 189 Å². The van der Waals surface area contributed by atoms with Gasteiger partial charge in [-0.1, -0.05) is 91.0 Å². The fourth-order valence-corrected chi connectivity index (χ4v) is 3.77. The zero-order chi connectivity index (χ0) is 22.2. The van der Waals surface area contributed by atoms with E-state index in [0.717, 1.165) is 16.7 Å². The maximum absolute atomic E-state index is 13.6. The Hall–Kier alpha value is -3.85. The van der Waals surface area contributed by atoms with Crippen LogP contribution in [0.15, 0.2) is 109 Å². The number of methoxy groups -OCH3 is 1. The van der Waals surface area contributed by atoms with Crippen LogP contribution in [0.2, 0.25) is 0 Å². The molecule has 0 aliphatic heterocycles. The van der Waals surface area contributed by atoms with Gasteiger partial charge in [-0.25, -0.2) is 0 Å². The third-order valence-corrected chi connectivity index (χ3v) is 5.49. The predicted molar refractivity (Wildman–Crippen MR) is 127 cm³/mol. The van der Waals surface area contributed by atoms with Crippen molar-refractivity contribution in [2.75, 3.05) is 7.11 Å². The Morgan fingerprint density at radius 3 is 1.94 bits per heavy atom. The molecular weight excluding hydrogens is 396 g/mol. The third-order valence-electron chi connectivity index (χ3n) is 5.49. The van der Waals surface area contributed by atoms with Gasteiger partial charge >= 0.3 is 0 Å². The molecule has 0 bridgehead atoms. The maximum atomic E-state index is 13.6. The summed E-state index contributed by atoms with van der Waals surface area (Å²) in [6, 6.07) is 35.4. The number of benzene rings is 4. The van der Waals surface area contributed by atoms with Crippen LogP contribution in [0.5, 0.6) is 11.5 Å². The molecule has 32 heavy (non-hydrogen) atoms. The summed E-state index contributed by atoms with van der Waals surface area (Å²) in [7, 11) is 1.59. The minimum Gasteiger partial charge on any atom is -0.493 e. The lowest BCUT2D eigenvalue weighted by molar-refractivity contribution is 0.0958. The summed E-state index contributed by atoms with van der Waals surface area (Å²) in [5.41, 5.74) is 3.81. The van der Waals surface area contributed by atoms with Crippen molar-refractivity contribution in [1.82, 2.24) is 0 Å². The Balaban J connectivity index is 1.59. The summed E-state index contributed by atoms with van der Waals surface area (Å²) in [5, 5.41) is 0. The van der Waals surface area contributed by atoms with Crippen LogP contribution >= 0.6 is 0 Å². The van der Waals surface area contributed by atoms with Crippen LogP contribution in [0.25, 0.3) is 0 Å². The SMILES string of the molecule is COc1cc(C(=O)C(Cc2ccccc2)c2ccccc2)ccc1OCc1ccccc1. The van der Waals surface area contributed by atoms with Gasteiger partial charge in [-0.2, -0.15) is 0 Å². The molecule has 0 N–H and O–H groups in total. The van der Waals surface area contributed by atoms with Crippen molar-refractivity contribution in [2.24, 2.45) is 0 Å². The normalized spacial score (nSPS) is 11.5. The lowest BCUT2D eigenvalue weighted by Crippen LogP contribution is -2.16. The van der Waals surface area contributed by atoms with E-state index in [1.807, 2.05) is 91.0 Å². The van der Waals surface area contributed by atoms with Crippen LogP contribution in [0.3, 0.4) is 0 Å². The van der Waals surface area contributed by atoms with Crippen LogP contribution in [0.4, 0.5) is 0 Å². The molecule has 0 amide bonds. The fraction of sp³-hybridized carbons (Fsp3) is 0.138. The first kappa shape index (κ1) is 21.4. The first-order valence-electron chi connectivity index (χ1n) is 10.7. The number of ketones is 1. The Morgan fingerprint density at radius 2 is 1.31 bits per heavy atom. The number of hydrogen-bond donors (Lipinski definition) is 0. The van der Waals surface area contributed by atoms with Gasteiger partial charge in [0.15, 0.2) is 17.3 Å². The topological polar surface area (TPSA) is 35.5 Å². The van der Waals surface area contributed by atoms with Crippen molar-refractivity contribution in [3.05, 3.63) is 131 Å². The van der Waals surface area contributed by atoms with E-state index in [0.29, 0.717) is 30.1 Å². The van der Waals surface area contributed by atoms with Crippen molar-refractivity contribution >= 4 is 5.78 Å². The smallest absolute Gasteiger partial charge is 0.170 e. The van der Waals surface area contributed by atoms with Gasteiger partial charge in [0.05, 0.1) is 13.0 Å². The van der Waals surface area contributed by atoms with Crippen molar-refractivity contribution in [2.45, 2.75) is 18.9 Å². The number of carbonyl (C=O) groups is 1. The van der Waals surface area contributed by atoms with E-state index in [2.05, 4.69) is 12.1 Å². The molecule has 160 valence electrons. The monoisotopic (exact) mass is 422 g/mol. The van der Waals surface area contributed by atoms with Crippen LogP contribution in [0.1, 0.15) is 33.0 Å². The summed E-state index contributed by atoms with van der Waals surface area (Å²) in [4.78, 5) is 13.6. The van der Waals surface area contributed by atoms with Gasteiger partial charge in [-0.05, 0) is 41.3 Å². The van der Waals surface area contributed by atoms with E-state index in [1.165, 1.54) is 0 Å². The lowest BCUT2D eigenvalue weighted by Gasteiger charge is -2.18. The summed E-state index contributed by atoms with van der Waals surface area (Å²) in [5.74, 6) is 0.956. The minimum absolute atomic E-state index is 0.0629. The second-order valence-electron chi connectivity index (χ2n) is 7.66. The summed E-state index contributed by atoms with van der Waals surface area (Å²) in [6.45, 7) is 0.436. The molecule has 0 aromatic heterocycles. The number of carbonyl (C=O) groups excluding carboxylic acids is 1. The molecule has 0 radical (unpaired) electrons. The fourth-order valence-electron chi connectivity index (χ4n) is 3.77. The Bertz CT molecular complexity index is 1140. The number of Topliss-reactive ketones (excluding diaryl/α,β-unsaturated/α-hetero) is 1. The number of rotatable bonds is 9. The highest BCUT2D eigenvalue weighted by Gasteiger charge is 2.23. The van der Waals surface area contributed by atoms with E-state index in [-0.39, 0.29) is 11.7 Å². The third kappa shape index (κ3) is 5.25. The lowest BCUT2D eigenvalue weighted by atomic mass is 9.85. The first-order chi connectivity index (χ1) is 15.7. The second-order valence-corrected chi connectivity index (χ2v) is 7.66. The van der Waals surface area contributed by atoms with Crippen molar-refractivity contribution in [3.63, 3.8) is 0 Å². The highest BCUT2D eigenvalue weighted by Crippen LogP contribution is 2.32. The molecule has 0 saturated carbocycles. The standard InChI is InChI=1S/C29H26O3/c1-31-28-20-25(17-18-27(28)32-21-23-13-7-3-8-14-23)29(30)26(24-15-9-4-10-16-24)19-22-11-5-2-6-12-22/h2-18,20,26H,19,21H2,1H3. The van der Waals surface area contributed by atoms with E-state index >= 15 is 0 Å². The molecule has 1 atom stereocenters. The summed E-state index contributed by atoms with van der Waals surface area (Å²) < 4.78 is 11.5. The van der Waals surface area contributed by atoms with Crippen molar-refractivity contribution in [1.29, 1.82) is 0 Å². The molecule has 0 aliphatic carbocycles. The van der Waals surface area contributed by atoms with Crippen LogP contribution < -0.4 is 9.47 Å². The van der Waals surface area contributed by atoms with E-state index in [1.54, 1.807) is 13.2 Å². The average Bonchev–Trinajstić information content (AvgIpc) is 2.87. The molecule has 4 aromatic rings. The maximum Gasteiger partial charge on any atom is 0.170 e. The molecule has 0 fully saturated rings. The highest BCUT2D eigenvalue weighted by molar-refractivity contribution is 6.01. The molecule has 0 spiro atoms.